The molecule has 0 radical (unpaired) electrons. The van der Waals surface area contributed by atoms with Crippen molar-refractivity contribution in [2.45, 2.75) is 0 Å². The van der Waals surface area contributed by atoms with Crippen molar-refractivity contribution in [2.75, 3.05) is 4.90 Å². The molecule has 0 unspecified atom stereocenters. The van der Waals surface area contributed by atoms with Crippen molar-refractivity contribution < 1.29 is 4.42 Å². The van der Waals surface area contributed by atoms with Gasteiger partial charge >= 0.3 is 0 Å². The van der Waals surface area contributed by atoms with E-state index in [0.29, 0.717) is 0 Å². The fourth-order valence-electron chi connectivity index (χ4n) is 10.1. The van der Waals surface area contributed by atoms with Gasteiger partial charge in [-0.2, -0.15) is 0 Å². The van der Waals surface area contributed by atoms with Crippen molar-refractivity contribution in [3.63, 3.8) is 0 Å². The molecule has 2 aromatic heterocycles. The first-order chi connectivity index (χ1) is 31.8. The Morgan fingerprint density at radius 1 is 0.344 bits per heavy atom. The van der Waals surface area contributed by atoms with Gasteiger partial charge in [0, 0.05) is 44.7 Å². The van der Waals surface area contributed by atoms with Gasteiger partial charge in [-0.05, 0) is 92.5 Å². The van der Waals surface area contributed by atoms with E-state index in [1.54, 1.807) is 0 Å². The van der Waals surface area contributed by atoms with Gasteiger partial charge in [0.25, 0.3) is 0 Å². The molecule has 10 aromatic carbocycles. The number of hydrogen-bond donors (Lipinski definition) is 0. The molecule has 0 aliphatic carbocycles. The average molecular weight is 835 g/mol. The third kappa shape index (κ3) is 6.10. The van der Waals surface area contributed by atoms with Crippen LogP contribution >= 0.6 is 0 Å². The normalized spacial score (nSPS) is 11.8. The highest BCUT2D eigenvalue weighted by molar-refractivity contribution is 7.19. The lowest BCUT2D eigenvalue weighted by molar-refractivity contribution is 0.669. The maximum Gasteiger partial charge on any atom is 0.179 e. The lowest BCUT2D eigenvalue weighted by Crippen LogP contribution is -2.74. The van der Waals surface area contributed by atoms with Gasteiger partial charge in [-0.25, -0.2) is 0 Å². The fraction of sp³-hybridized carbons (Fsp3) is 0. The number of para-hydroxylation sites is 3. The topological polar surface area (TPSA) is 21.3 Å². The monoisotopic (exact) mass is 834 g/mol. The summed E-state index contributed by atoms with van der Waals surface area (Å²) in [4.78, 5) is 2.39. The van der Waals surface area contributed by atoms with Crippen molar-refractivity contribution in [2.24, 2.45) is 0 Å². The molecule has 0 spiro atoms. The van der Waals surface area contributed by atoms with Gasteiger partial charge in [0.15, 0.2) is 8.07 Å². The molecule has 64 heavy (non-hydrogen) atoms. The molecule has 302 valence electrons. The van der Waals surface area contributed by atoms with Crippen LogP contribution in [-0.2, 0) is 0 Å². The van der Waals surface area contributed by atoms with Gasteiger partial charge in [0.1, 0.15) is 11.2 Å². The Kier molecular flexibility index (Phi) is 9.17. The predicted molar refractivity (Wildman–Crippen MR) is 272 cm³/mol. The molecule has 0 atom stereocenters. The second kappa shape index (κ2) is 15.6. The van der Waals surface area contributed by atoms with Gasteiger partial charge in [-0.15, -0.1) is 0 Å². The zero-order valence-corrected chi connectivity index (χ0v) is 36.1. The summed E-state index contributed by atoms with van der Waals surface area (Å²) in [5.41, 5.74) is 10.7. The summed E-state index contributed by atoms with van der Waals surface area (Å²) in [5, 5.41) is 10.1. The second-order valence-electron chi connectivity index (χ2n) is 16.4. The van der Waals surface area contributed by atoms with Crippen molar-refractivity contribution in [3.05, 3.63) is 255 Å². The second-order valence-corrected chi connectivity index (χ2v) is 20.3. The van der Waals surface area contributed by atoms with Crippen molar-refractivity contribution in [1.82, 2.24) is 4.57 Å². The molecular weight excluding hydrogens is 793 g/mol. The number of nitrogens with zero attached hydrogens (tertiary/aromatic N) is 2. The maximum atomic E-state index is 6.50. The SMILES string of the molecule is c1ccc(-n2c3ccccc3c3c(N(c4ccc(-c5ccc([Si](c6ccccc6)(c6ccccc6)c6ccccc6)cc5)cc4)c4ccc5c(c4)oc4ccccc45)cccc32)cc1. The summed E-state index contributed by atoms with van der Waals surface area (Å²) in [6, 6.07) is 92.8. The van der Waals surface area contributed by atoms with Crippen LogP contribution in [0, 0.1) is 0 Å². The van der Waals surface area contributed by atoms with Crippen molar-refractivity contribution >= 4 is 89.6 Å². The van der Waals surface area contributed by atoms with E-state index < -0.39 is 8.07 Å². The molecule has 12 aromatic rings. The van der Waals surface area contributed by atoms with E-state index in [9.17, 15) is 0 Å². The molecule has 0 aliphatic heterocycles. The van der Waals surface area contributed by atoms with Crippen LogP contribution in [0.2, 0.25) is 0 Å². The molecule has 12 rings (SSSR count). The minimum absolute atomic E-state index is 0.862. The Hall–Kier alpha value is -8.18. The highest BCUT2D eigenvalue weighted by atomic mass is 28.3. The van der Waals surface area contributed by atoms with Gasteiger partial charge < -0.3 is 13.9 Å². The van der Waals surface area contributed by atoms with Crippen LogP contribution in [0.1, 0.15) is 0 Å². The van der Waals surface area contributed by atoms with Gasteiger partial charge in [-0.3, -0.25) is 0 Å². The first-order valence-corrected chi connectivity index (χ1v) is 23.9. The molecule has 2 heterocycles. The molecule has 0 N–H and O–H groups in total. The number of benzene rings is 10. The Bertz CT molecular complexity index is 3490. The molecule has 0 amide bonds. The summed E-state index contributed by atoms with van der Waals surface area (Å²) in [6.45, 7) is 0. The van der Waals surface area contributed by atoms with Crippen LogP contribution in [-0.4, -0.2) is 12.6 Å². The van der Waals surface area contributed by atoms with E-state index in [1.807, 2.05) is 12.1 Å². The maximum absolute atomic E-state index is 6.50. The van der Waals surface area contributed by atoms with Crippen LogP contribution in [0.4, 0.5) is 17.1 Å². The lowest BCUT2D eigenvalue weighted by Gasteiger charge is -2.34. The highest BCUT2D eigenvalue weighted by Crippen LogP contribution is 2.45. The zero-order chi connectivity index (χ0) is 42.5. The summed E-state index contributed by atoms with van der Waals surface area (Å²) >= 11 is 0. The first kappa shape index (κ1) is 37.6. The Labute approximate surface area is 373 Å². The Morgan fingerprint density at radius 2 is 0.828 bits per heavy atom. The number of aromatic nitrogens is 1. The minimum atomic E-state index is -2.63. The molecule has 0 saturated carbocycles. The minimum Gasteiger partial charge on any atom is -0.456 e. The number of furan rings is 1. The van der Waals surface area contributed by atoms with E-state index in [1.165, 1.54) is 42.6 Å². The van der Waals surface area contributed by atoms with Crippen molar-refractivity contribution in [3.8, 4) is 16.8 Å². The Morgan fingerprint density at radius 3 is 1.47 bits per heavy atom. The largest absolute Gasteiger partial charge is 0.456 e. The van der Waals surface area contributed by atoms with Crippen LogP contribution in [0.25, 0.3) is 60.6 Å². The van der Waals surface area contributed by atoms with Crippen LogP contribution in [0.15, 0.2) is 259 Å². The third-order valence-corrected chi connectivity index (χ3v) is 17.7. The zero-order valence-electron chi connectivity index (χ0n) is 35.1. The van der Waals surface area contributed by atoms with Gasteiger partial charge in [0.2, 0.25) is 0 Å². The van der Waals surface area contributed by atoms with Crippen LogP contribution in [0.3, 0.4) is 0 Å². The molecule has 0 aliphatic rings. The van der Waals surface area contributed by atoms with E-state index in [2.05, 4.69) is 252 Å². The van der Waals surface area contributed by atoms with E-state index in [4.69, 9.17) is 4.42 Å². The van der Waals surface area contributed by atoms with E-state index in [0.717, 1.165) is 55.8 Å². The Balaban J connectivity index is 1.00. The number of rotatable bonds is 9. The standard InChI is InChI=1S/C60H42N2OSi/c1-5-18-45(19-6-1)62-55-28-15-13-27-54(55)60-56(29-17-30-57(60)62)61(47-38-41-53-52-26-14-16-31-58(52)63-59(53)42-47)46-36-32-43(33-37-46)44-34-39-51(40-35-44)64(48-20-7-2-8-21-48,49-22-9-3-10-23-49)50-24-11-4-12-25-50/h1-42H. The highest BCUT2D eigenvalue weighted by Gasteiger charge is 2.41. The molecule has 3 nitrogen and oxygen atoms in total. The predicted octanol–water partition coefficient (Wildman–Crippen LogP) is 13.2. The average Bonchev–Trinajstić information content (AvgIpc) is 3.92. The first-order valence-electron chi connectivity index (χ1n) is 21.9. The molecule has 0 saturated heterocycles. The third-order valence-electron chi connectivity index (χ3n) is 12.9. The quantitative estimate of drug-likeness (QED) is 0.107. The van der Waals surface area contributed by atoms with Gasteiger partial charge in [0.05, 0.1) is 16.7 Å². The van der Waals surface area contributed by atoms with Crippen molar-refractivity contribution in [1.29, 1.82) is 0 Å². The summed E-state index contributed by atoms with van der Waals surface area (Å²) in [5.74, 6) is 0. The molecule has 0 bridgehead atoms. The van der Waals surface area contributed by atoms with Gasteiger partial charge in [-0.1, -0.05) is 188 Å². The number of hydrogen-bond acceptors (Lipinski definition) is 2. The summed E-state index contributed by atoms with van der Waals surface area (Å²) in [6.07, 6.45) is 0. The van der Waals surface area contributed by atoms with E-state index >= 15 is 0 Å². The fourth-order valence-corrected chi connectivity index (χ4v) is 14.8. The number of fused-ring (bicyclic) bond motifs is 6. The number of anilines is 3. The van der Waals surface area contributed by atoms with E-state index in [-0.39, 0.29) is 0 Å². The summed E-state index contributed by atoms with van der Waals surface area (Å²) in [7, 11) is -2.63. The smallest absolute Gasteiger partial charge is 0.179 e. The summed E-state index contributed by atoms with van der Waals surface area (Å²) < 4.78 is 8.88. The molecule has 4 heteroatoms. The molecule has 0 fully saturated rings. The molecular formula is C60H42N2OSi. The van der Waals surface area contributed by atoms with Crippen LogP contribution < -0.4 is 25.6 Å². The lowest BCUT2D eigenvalue weighted by atomic mass is 10.0. The van der Waals surface area contributed by atoms with Crippen LogP contribution in [0.5, 0.6) is 0 Å².